The summed E-state index contributed by atoms with van der Waals surface area (Å²) in [5.41, 5.74) is 0. The van der Waals surface area contributed by atoms with Crippen LogP contribution < -0.4 is 5.11 Å². The van der Waals surface area contributed by atoms with Crippen LogP contribution in [0.3, 0.4) is 0 Å². The standard InChI is InChI=1S/CCl3O.Ti/c2-1(3,4)5;/q-1;. The van der Waals surface area contributed by atoms with E-state index in [1.807, 2.05) is 0 Å². The Kier molecular flexibility index (Phi) is 6.19. The van der Waals surface area contributed by atoms with Gasteiger partial charge in [0.15, 0.2) is 0 Å². The van der Waals surface area contributed by atoms with E-state index in [1.54, 1.807) is 0 Å². The van der Waals surface area contributed by atoms with E-state index in [1.165, 1.54) is 0 Å². The van der Waals surface area contributed by atoms with Gasteiger partial charge < -0.3 is 5.11 Å². The smallest absolute Gasteiger partial charge is 0.123 e. The van der Waals surface area contributed by atoms with Crippen molar-refractivity contribution in [3.05, 3.63) is 0 Å². The SMILES string of the molecule is [O-]C(Cl)(Cl)Cl.[Ti]. The average Bonchev–Trinajstić information content (AvgIpc) is 0.722. The molecule has 0 radical (unpaired) electrons. The van der Waals surface area contributed by atoms with Crippen LogP contribution in [0, 0.1) is 0 Å². The van der Waals surface area contributed by atoms with E-state index in [-0.39, 0.29) is 21.7 Å². The molecule has 0 saturated carbocycles. The summed E-state index contributed by atoms with van der Waals surface area (Å²) in [4.78, 5) is 0. The first kappa shape index (κ1) is 10.5. The molecule has 5 heteroatoms. The first-order valence-corrected chi connectivity index (χ1v) is 1.90. The van der Waals surface area contributed by atoms with Gasteiger partial charge in [-0.1, -0.05) is 0 Å². The van der Waals surface area contributed by atoms with E-state index in [4.69, 9.17) is 0 Å². The Bertz CT molecular complexity index is 26.3. The number of halogens is 3. The van der Waals surface area contributed by atoms with Gasteiger partial charge in [-0.15, -0.1) is 34.8 Å². The Morgan fingerprint density at radius 2 is 1.17 bits per heavy atom. The molecule has 6 heavy (non-hydrogen) atoms. The molecule has 0 atom stereocenters. The van der Waals surface area contributed by atoms with Gasteiger partial charge in [0.1, 0.15) is 3.98 Å². The van der Waals surface area contributed by atoms with Gasteiger partial charge in [-0.05, 0) is 0 Å². The molecular formula is CCl3OTi-. The minimum Gasteiger partial charge on any atom is -0.813 e. The van der Waals surface area contributed by atoms with Crippen LogP contribution >= 0.6 is 34.8 Å². The van der Waals surface area contributed by atoms with Gasteiger partial charge in [-0.25, -0.2) is 0 Å². The van der Waals surface area contributed by atoms with Crippen molar-refractivity contribution < 1.29 is 26.8 Å². The molecule has 0 aliphatic carbocycles. The molecule has 0 aliphatic heterocycles. The van der Waals surface area contributed by atoms with E-state index in [0.717, 1.165) is 0 Å². The normalized spacial score (nSPS) is 10.0. The molecule has 0 aliphatic rings. The predicted molar refractivity (Wildman–Crippen MR) is 20.3 cm³/mol. The maximum atomic E-state index is 9.40. The summed E-state index contributed by atoms with van der Waals surface area (Å²) >= 11 is 13.5. The second kappa shape index (κ2) is 3.53. The van der Waals surface area contributed by atoms with Gasteiger partial charge >= 0.3 is 0 Å². The van der Waals surface area contributed by atoms with E-state index < -0.39 is 3.98 Å². The van der Waals surface area contributed by atoms with Gasteiger partial charge in [0, 0.05) is 21.7 Å². The number of rotatable bonds is 0. The van der Waals surface area contributed by atoms with Crippen molar-refractivity contribution in [1.29, 1.82) is 0 Å². The van der Waals surface area contributed by atoms with Crippen molar-refractivity contribution >= 4 is 34.8 Å². The van der Waals surface area contributed by atoms with E-state index in [2.05, 4.69) is 34.8 Å². The van der Waals surface area contributed by atoms with Crippen LogP contribution in [-0.2, 0) is 21.7 Å². The Morgan fingerprint density at radius 3 is 1.17 bits per heavy atom. The molecule has 0 N–H and O–H groups in total. The fourth-order valence-electron chi connectivity index (χ4n) is 0. The van der Waals surface area contributed by atoms with Crippen molar-refractivity contribution in [2.45, 2.75) is 3.98 Å². The maximum absolute atomic E-state index is 9.40. The molecule has 1 nitrogen and oxygen atoms in total. The Hall–Kier alpha value is 1.54. The van der Waals surface area contributed by atoms with Crippen molar-refractivity contribution in [2.24, 2.45) is 0 Å². The van der Waals surface area contributed by atoms with Crippen LogP contribution in [0.5, 0.6) is 0 Å². The first-order valence-electron chi connectivity index (χ1n) is 0.771. The fourth-order valence-corrected chi connectivity index (χ4v) is 0. The minimum atomic E-state index is -2.33. The fraction of sp³-hybridized carbons (Fsp3) is 1.00. The molecule has 0 aromatic heterocycles. The van der Waals surface area contributed by atoms with Crippen molar-refractivity contribution in [3.63, 3.8) is 0 Å². The molecule has 0 bridgehead atoms. The van der Waals surface area contributed by atoms with Gasteiger partial charge in [-0.3, -0.25) is 0 Å². The molecule has 0 aromatic carbocycles. The molecular weight excluding hydrogens is 182 g/mol. The second-order valence-corrected chi connectivity index (χ2v) is 2.62. The van der Waals surface area contributed by atoms with Gasteiger partial charge in [0.2, 0.25) is 0 Å². The van der Waals surface area contributed by atoms with Gasteiger partial charge in [0.25, 0.3) is 0 Å². The molecule has 0 aromatic rings. The third kappa shape index (κ3) is 48.0. The topological polar surface area (TPSA) is 23.1 Å². The second-order valence-electron chi connectivity index (χ2n) is 0.446. The van der Waals surface area contributed by atoms with Crippen LogP contribution in [0.15, 0.2) is 0 Å². The van der Waals surface area contributed by atoms with E-state index in [9.17, 15) is 5.11 Å². The van der Waals surface area contributed by atoms with Crippen molar-refractivity contribution in [1.82, 2.24) is 0 Å². The molecule has 0 heterocycles. The monoisotopic (exact) mass is 181 g/mol. The zero-order chi connectivity index (χ0) is 4.50. The van der Waals surface area contributed by atoms with Crippen LogP contribution in [0.25, 0.3) is 0 Å². The third-order valence-corrected chi connectivity index (χ3v) is 0. The summed E-state index contributed by atoms with van der Waals surface area (Å²) in [7, 11) is 0. The van der Waals surface area contributed by atoms with Gasteiger partial charge in [0.05, 0.1) is 0 Å². The first-order chi connectivity index (χ1) is 2.00. The molecule has 0 saturated heterocycles. The summed E-state index contributed by atoms with van der Waals surface area (Å²) in [6.45, 7) is 0. The van der Waals surface area contributed by atoms with Crippen LogP contribution in [0.4, 0.5) is 0 Å². The maximum Gasteiger partial charge on any atom is 0.123 e. The third-order valence-electron chi connectivity index (χ3n) is 0. The van der Waals surface area contributed by atoms with Crippen LogP contribution in [0.2, 0.25) is 0 Å². The predicted octanol–water partition coefficient (Wildman–Crippen LogP) is 0.672. The summed E-state index contributed by atoms with van der Waals surface area (Å²) in [6.07, 6.45) is 0. The number of hydrogen-bond donors (Lipinski definition) is 0. The van der Waals surface area contributed by atoms with Gasteiger partial charge in [-0.2, -0.15) is 0 Å². The quantitative estimate of drug-likeness (QED) is 0.399. The minimum absolute atomic E-state index is 0. The summed E-state index contributed by atoms with van der Waals surface area (Å²) in [6, 6.07) is 0. The molecule has 0 spiro atoms. The van der Waals surface area contributed by atoms with Crippen molar-refractivity contribution in [3.8, 4) is 0 Å². The summed E-state index contributed by atoms with van der Waals surface area (Å²) in [5, 5.41) is 9.40. The Balaban J connectivity index is 0. The summed E-state index contributed by atoms with van der Waals surface area (Å²) in [5.74, 6) is 0. The molecule has 0 unspecified atom stereocenters. The van der Waals surface area contributed by atoms with E-state index >= 15 is 0 Å². The molecule has 36 valence electrons. The zero-order valence-electron chi connectivity index (χ0n) is 2.54. The molecule has 0 amide bonds. The summed E-state index contributed by atoms with van der Waals surface area (Å²) < 4.78 is -2.33. The number of hydrogen-bond acceptors (Lipinski definition) is 1. The van der Waals surface area contributed by atoms with Crippen LogP contribution in [0.1, 0.15) is 0 Å². The van der Waals surface area contributed by atoms with Crippen molar-refractivity contribution in [2.75, 3.05) is 0 Å². The zero-order valence-corrected chi connectivity index (χ0v) is 6.37. The average molecular weight is 182 g/mol. The largest absolute Gasteiger partial charge is 0.813 e. The molecule has 0 rings (SSSR count). The van der Waals surface area contributed by atoms with Crippen LogP contribution in [-0.4, -0.2) is 3.98 Å². The Morgan fingerprint density at radius 1 is 1.17 bits per heavy atom. The molecule has 0 fully saturated rings. The Labute approximate surface area is 65.4 Å². The number of alkyl halides is 3. The van der Waals surface area contributed by atoms with E-state index in [0.29, 0.717) is 0 Å².